The summed E-state index contributed by atoms with van der Waals surface area (Å²) in [6.45, 7) is 2.06. The largest absolute Gasteiger partial charge is 0.398 e. The van der Waals surface area contributed by atoms with Crippen LogP contribution in [-0.2, 0) is 0 Å². The normalized spacial score (nSPS) is 10.4. The maximum atomic E-state index is 5.97. The first-order valence-electron chi connectivity index (χ1n) is 4.72. The minimum absolute atomic E-state index is 0.946. The average Bonchev–Trinajstić information content (AvgIpc) is 2.19. The smallest absolute Gasteiger partial charge is 0.0481 e. The van der Waals surface area contributed by atoms with Crippen molar-refractivity contribution in [2.45, 2.75) is 18.2 Å². The Hall–Kier alpha value is -0.280. The summed E-state index contributed by atoms with van der Waals surface area (Å²) in [4.78, 5) is 1.23. The molecule has 0 bridgehead atoms. The highest BCUT2D eigenvalue weighted by Gasteiger charge is 2.01. The lowest BCUT2D eigenvalue weighted by molar-refractivity contribution is 1.12. The van der Waals surface area contributed by atoms with Crippen molar-refractivity contribution in [3.8, 4) is 0 Å². The standard InChI is InChI=1S/C11H17NS2/c1-9-5-3-6-10(11(9)12)14-8-4-7-13-2/h3,5-6H,4,7-8,12H2,1-2H3. The van der Waals surface area contributed by atoms with E-state index in [0.29, 0.717) is 0 Å². The van der Waals surface area contributed by atoms with Crippen molar-refractivity contribution in [3.63, 3.8) is 0 Å². The number of hydrogen-bond donors (Lipinski definition) is 1. The van der Waals surface area contributed by atoms with Crippen molar-refractivity contribution in [3.05, 3.63) is 23.8 Å². The first-order chi connectivity index (χ1) is 6.75. The third kappa shape index (κ3) is 3.46. The monoisotopic (exact) mass is 227 g/mol. The van der Waals surface area contributed by atoms with E-state index in [9.17, 15) is 0 Å². The van der Waals surface area contributed by atoms with Crippen LogP contribution >= 0.6 is 23.5 Å². The highest BCUT2D eigenvalue weighted by molar-refractivity contribution is 8.00. The number of hydrogen-bond acceptors (Lipinski definition) is 3. The lowest BCUT2D eigenvalue weighted by Gasteiger charge is -2.07. The molecule has 0 saturated carbocycles. The van der Waals surface area contributed by atoms with E-state index in [0.717, 1.165) is 11.4 Å². The molecule has 0 unspecified atom stereocenters. The molecule has 1 nitrogen and oxygen atoms in total. The van der Waals surface area contributed by atoms with E-state index in [-0.39, 0.29) is 0 Å². The van der Waals surface area contributed by atoms with E-state index in [1.807, 2.05) is 23.5 Å². The molecule has 0 aliphatic rings. The minimum atomic E-state index is 0.946. The van der Waals surface area contributed by atoms with Gasteiger partial charge in [0.15, 0.2) is 0 Å². The molecular weight excluding hydrogens is 210 g/mol. The van der Waals surface area contributed by atoms with Crippen molar-refractivity contribution in [2.75, 3.05) is 23.5 Å². The summed E-state index contributed by atoms with van der Waals surface area (Å²) in [6.07, 6.45) is 3.39. The number of benzene rings is 1. The Morgan fingerprint density at radius 2 is 2.07 bits per heavy atom. The SMILES string of the molecule is CSCCCSc1cccc(C)c1N. The van der Waals surface area contributed by atoms with Crippen molar-refractivity contribution in [2.24, 2.45) is 0 Å². The van der Waals surface area contributed by atoms with E-state index >= 15 is 0 Å². The van der Waals surface area contributed by atoms with Crippen LogP contribution in [0.5, 0.6) is 0 Å². The molecule has 1 aromatic rings. The van der Waals surface area contributed by atoms with Gasteiger partial charge in [0, 0.05) is 10.6 Å². The Labute approximate surface area is 94.8 Å². The molecule has 0 aromatic heterocycles. The molecule has 0 heterocycles. The highest BCUT2D eigenvalue weighted by Crippen LogP contribution is 2.27. The maximum Gasteiger partial charge on any atom is 0.0481 e. The van der Waals surface area contributed by atoms with Crippen LogP contribution in [0, 0.1) is 6.92 Å². The zero-order valence-corrected chi connectivity index (χ0v) is 10.4. The van der Waals surface area contributed by atoms with Gasteiger partial charge in [-0.1, -0.05) is 12.1 Å². The zero-order chi connectivity index (χ0) is 10.4. The Bertz CT molecular complexity index is 287. The Morgan fingerprint density at radius 3 is 2.79 bits per heavy atom. The summed E-state index contributed by atoms with van der Waals surface area (Å²) < 4.78 is 0. The number of anilines is 1. The molecule has 0 spiro atoms. The van der Waals surface area contributed by atoms with Crippen LogP contribution in [0.3, 0.4) is 0 Å². The van der Waals surface area contributed by atoms with Gasteiger partial charge in [0.05, 0.1) is 0 Å². The van der Waals surface area contributed by atoms with Crippen LogP contribution in [0.2, 0.25) is 0 Å². The topological polar surface area (TPSA) is 26.0 Å². The number of thioether (sulfide) groups is 2. The molecule has 0 atom stereocenters. The van der Waals surface area contributed by atoms with Crippen LogP contribution in [0.25, 0.3) is 0 Å². The summed E-state index contributed by atoms with van der Waals surface area (Å²) in [5.74, 6) is 2.40. The fourth-order valence-electron chi connectivity index (χ4n) is 1.16. The number of rotatable bonds is 5. The molecule has 0 aliphatic heterocycles. The molecule has 0 amide bonds. The van der Waals surface area contributed by atoms with Gasteiger partial charge >= 0.3 is 0 Å². The second-order valence-electron chi connectivity index (χ2n) is 3.18. The molecule has 0 saturated heterocycles. The van der Waals surface area contributed by atoms with Crippen LogP contribution in [-0.4, -0.2) is 17.8 Å². The first-order valence-corrected chi connectivity index (χ1v) is 7.10. The van der Waals surface area contributed by atoms with Gasteiger partial charge in [0.1, 0.15) is 0 Å². The third-order valence-corrected chi connectivity index (χ3v) is 3.89. The van der Waals surface area contributed by atoms with Crippen LogP contribution < -0.4 is 5.73 Å². The van der Waals surface area contributed by atoms with Gasteiger partial charge in [-0.2, -0.15) is 11.8 Å². The van der Waals surface area contributed by atoms with Gasteiger partial charge in [-0.3, -0.25) is 0 Å². The molecule has 1 rings (SSSR count). The Balaban J connectivity index is 2.46. The average molecular weight is 227 g/mol. The third-order valence-electron chi connectivity index (χ3n) is 2.03. The number of para-hydroxylation sites is 1. The van der Waals surface area contributed by atoms with E-state index in [2.05, 4.69) is 31.4 Å². The summed E-state index contributed by atoms with van der Waals surface area (Å²) in [6, 6.07) is 6.23. The summed E-state index contributed by atoms with van der Waals surface area (Å²) in [5.41, 5.74) is 8.10. The maximum absolute atomic E-state index is 5.97. The minimum Gasteiger partial charge on any atom is -0.398 e. The van der Waals surface area contributed by atoms with E-state index in [4.69, 9.17) is 5.73 Å². The van der Waals surface area contributed by atoms with Crippen LogP contribution in [0.4, 0.5) is 5.69 Å². The van der Waals surface area contributed by atoms with Gasteiger partial charge in [-0.05, 0) is 42.7 Å². The predicted octanol–water partition coefficient (Wildman–Crippen LogP) is 3.42. The quantitative estimate of drug-likeness (QED) is 0.474. The lowest BCUT2D eigenvalue weighted by atomic mass is 10.2. The van der Waals surface area contributed by atoms with E-state index in [1.165, 1.54) is 22.6 Å². The van der Waals surface area contributed by atoms with Crippen molar-refractivity contribution in [1.29, 1.82) is 0 Å². The summed E-state index contributed by atoms with van der Waals surface area (Å²) >= 11 is 3.76. The second-order valence-corrected chi connectivity index (χ2v) is 5.30. The fourth-order valence-corrected chi connectivity index (χ4v) is 2.78. The van der Waals surface area contributed by atoms with Gasteiger partial charge in [-0.25, -0.2) is 0 Å². The molecule has 78 valence electrons. The zero-order valence-electron chi connectivity index (χ0n) is 8.75. The van der Waals surface area contributed by atoms with Gasteiger partial charge in [-0.15, -0.1) is 11.8 Å². The molecule has 0 fully saturated rings. The number of aryl methyl sites for hydroxylation is 1. The molecule has 2 N–H and O–H groups in total. The first kappa shape index (κ1) is 11.8. The molecule has 1 aromatic carbocycles. The molecule has 3 heteroatoms. The molecular formula is C11H17NS2. The van der Waals surface area contributed by atoms with Gasteiger partial charge in [0.25, 0.3) is 0 Å². The van der Waals surface area contributed by atoms with Crippen molar-refractivity contribution >= 4 is 29.2 Å². The van der Waals surface area contributed by atoms with Crippen molar-refractivity contribution in [1.82, 2.24) is 0 Å². The van der Waals surface area contributed by atoms with Gasteiger partial charge < -0.3 is 5.73 Å². The Kier molecular flexibility index (Phi) is 5.26. The second kappa shape index (κ2) is 6.25. The molecule has 0 aliphatic carbocycles. The molecule has 14 heavy (non-hydrogen) atoms. The van der Waals surface area contributed by atoms with Gasteiger partial charge in [0.2, 0.25) is 0 Å². The molecule has 0 radical (unpaired) electrons. The fraction of sp³-hybridized carbons (Fsp3) is 0.455. The highest BCUT2D eigenvalue weighted by atomic mass is 32.2. The van der Waals surface area contributed by atoms with Crippen LogP contribution in [0.15, 0.2) is 23.1 Å². The van der Waals surface area contributed by atoms with Crippen molar-refractivity contribution < 1.29 is 0 Å². The number of nitrogen functional groups attached to an aromatic ring is 1. The number of nitrogens with two attached hydrogens (primary N) is 1. The predicted molar refractivity (Wildman–Crippen MR) is 69.3 cm³/mol. The van der Waals surface area contributed by atoms with E-state index < -0.39 is 0 Å². The van der Waals surface area contributed by atoms with Crippen LogP contribution in [0.1, 0.15) is 12.0 Å². The van der Waals surface area contributed by atoms with E-state index in [1.54, 1.807) is 0 Å². The summed E-state index contributed by atoms with van der Waals surface area (Å²) in [7, 11) is 0. The Morgan fingerprint density at radius 1 is 1.29 bits per heavy atom. The summed E-state index contributed by atoms with van der Waals surface area (Å²) in [5, 5.41) is 0. The lowest BCUT2D eigenvalue weighted by Crippen LogP contribution is -1.93.